The number of rotatable bonds is 9. The minimum absolute atomic E-state index is 0.0420. The highest BCUT2D eigenvalue weighted by molar-refractivity contribution is 7.89. The molecular weight excluding hydrogens is 242 g/mol. The molecule has 0 unspecified atom stereocenters. The lowest BCUT2D eigenvalue weighted by Gasteiger charge is -2.11. The van der Waals surface area contributed by atoms with Crippen LogP contribution < -0.4 is 4.72 Å². The van der Waals surface area contributed by atoms with Gasteiger partial charge < -0.3 is 9.84 Å². The molecule has 0 aromatic heterocycles. The Morgan fingerprint density at radius 2 is 1.94 bits per heavy atom. The molecule has 1 aliphatic carbocycles. The maximum atomic E-state index is 11.5. The van der Waals surface area contributed by atoms with E-state index in [1.54, 1.807) is 0 Å². The van der Waals surface area contributed by atoms with Crippen molar-refractivity contribution < 1.29 is 18.3 Å². The van der Waals surface area contributed by atoms with Crippen LogP contribution in [0.4, 0.5) is 0 Å². The Labute approximate surface area is 104 Å². The SMILES string of the molecule is O=S(=O)(CCCCO)NCCOC1CCCC1. The fourth-order valence-electron chi connectivity index (χ4n) is 1.95. The van der Waals surface area contributed by atoms with E-state index >= 15 is 0 Å². The molecule has 0 aromatic carbocycles. The number of aliphatic hydroxyl groups is 1. The van der Waals surface area contributed by atoms with Crippen LogP contribution >= 0.6 is 0 Å². The summed E-state index contributed by atoms with van der Waals surface area (Å²) in [4.78, 5) is 0. The van der Waals surface area contributed by atoms with Crippen LogP contribution in [0.25, 0.3) is 0 Å². The fraction of sp³-hybridized carbons (Fsp3) is 1.00. The number of unbranched alkanes of at least 4 members (excludes halogenated alkanes) is 1. The van der Waals surface area contributed by atoms with Crippen molar-refractivity contribution in [2.45, 2.75) is 44.6 Å². The molecule has 0 amide bonds. The first-order chi connectivity index (χ1) is 8.14. The summed E-state index contributed by atoms with van der Waals surface area (Å²) >= 11 is 0. The zero-order valence-corrected chi connectivity index (χ0v) is 11.0. The molecule has 0 spiro atoms. The van der Waals surface area contributed by atoms with Crippen molar-refractivity contribution in [3.8, 4) is 0 Å². The number of ether oxygens (including phenoxy) is 1. The zero-order valence-electron chi connectivity index (χ0n) is 10.2. The molecule has 2 N–H and O–H groups in total. The Morgan fingerprint density at radius 3 is 2.59 bits per heavy atom. The smallest absolute Gasteiger partial charge is 0.211 e. The molecule has 1 rings (SSSR count). The first kappa shape index (κ1) is 14.9. The highest BCUT2D eigenvalue weighted by Gasteiger charge is 2.15. The first-order valence-corrected chi connectivity index (χ1v) is 7.99. The number of hydrogen-bond donors (Lipinski definition) is 2. The third kappa shape index (κ3) is 6.98. The van der Waals surface area contributed by atoms with Gasteiger partial charge in [-0.15, -0.1) is 0 Å². The summed E-state index contributed by atoms with van der Waals surface area (Å²) in [6.07, 6.45) is 5.99. The van der Waals surface area contributed by atoms with Gasteiger partial charge in [-0.3, -0.25) is 0 Å². The van der Waals surface area contributed by atoms with Gasteiger partial charge in [0.25, 0.3) is 0 Å². The third-order valence-corrected chi connectivity index (χ3v) is 4.37. The third-order valence-electron chi connectivity index (χ3n) is 2.90. The van der Waals surface area contributed by atoms with Crippen molar-refractivity contribution in [1.82, 2.24) is 4.72 Å². The van der Waals surface area contributed by atoms with E-state index in [0.717, 1.165) is 12.8 Å². The normalized spacial score (nSPS) is 17.7. The summed E-state index contributed by atoms with van der Waals surface area (Å²) in [5, 5.41) is 8.56. The van der Waals surface area contributed by atoms with Gasteiger partial charge in [-0.25, -0.2) is 13.1 Å². The number of hydrogen-bond acceptors (Lipinski definition) is 4. The molecule has 5 nitrogen and oxygen atoms in total. The molecule has 102 valence electrons. The van der Waals surface area contributed by atoms with Crippen LogP contribution in [0.5, 0.6) is 0 Å². The van der Waals surface area contributed by atoms with E-state index in [-0.39, 0.29) is 12.4 Å². The van der Waals surface area contributed by atoms with Crippen LogP contribution in [0, 0.1) is 0 Å². The molecule has 0 radical (unpaired) electrons. The standard InChI is InChI=1S/C11H23NO4S/c13-8-3-4-10-17(14,15)12-7-9-16-11-5-1-2-6-11/h11-13H,1-10H2. The predicted molar refractivity (Wildman–Crippen MR) is 66.3 cm³/mol. The van der Waals surface area contributed by atoms with Crippen LogP contribution in [0.15, 0.2) is 0 Å². The van der Waals surface area contributed by atoms with Gasteiger partial charge in [-0.05, 0) is 25.7 Å². The first-order valence-electron chi connectivity index (χ1n) is 6.34. The molecule has 17 heavy (non-hydrogen) atoms. The van der Waals surface area contributed by atoms with Crippen LogP contribution in [0.2, 0.25) is 0 Å². The summed E-state index contributed by atoms with van der Waals surface area (Å²) in [6, 6.07) is 0. The highest BCUT2D eigenvalue weighted by atomic mass is 32.2. The summed E-state index contributed by atoms with van der Waals surface area (Å²) in [6.45, 7) is 0.835. The van der Waals surface area contributed by atoms with Crippen molar-refractivity contribution >= 4 is 10.0 Å². The van der Waals surface area contributed by atoms with Crippen LogP contribution in [0.3, 0.4) is 0 Å². The minimum atomic E-state index is -3.19. The average Bonchev–Trinajstić information content (AvgIpc) is 2.77. The van der Waals surface area contributed by atoms with Crippen LogP contribution in [-0.4, -0.2) is 45.1 Å². The Morgan fingerprint density at radius 1 is 1.24 bits per heavy atom. The maximum Gasteiger partial charge on any atom is 0.211 e. The second-order valence-corrected chi connectivity index (χ2v) is 6.35. The van der Waals surface area contributed by atoms with Gasteiger partial charge in [0, 0.05) is 13.2 Å². The molecule has 0 bridgehead atoms. The molecular formula is C11H23NO4S. The van der Waals surface area contributed by atoms with Gasteiger partial charge in [0.2, 0.25) is 10.0 Å². The monoisotopic (exact) mass is 265 g/mol. The summed E-state index contributed by atoms with van der Waals surface area (Å²) in [7, 11) is -3.19. The van der Waals surface area contributed by atoms with Gasteiger partial charge in [-0.2, -0.15) is 0 Å². The Bertz CT molecular complexity index is 286. The number of nitrogens with one attached hydrogen (secondary N) is 1. The molecule has 0 aliphatic heterocycles. The minimum Gasteiger partial charge on any atom is -0.396 e. The molecule has 1 fully saturated rings. The van der Waals surface area contributed by atoms with E-state index in [0.29, 0.717) is 32.1 Å². The molecule has 0 aromatic rings. The lowest BCUT2D eigenvalue weighted by atomic mass is 10.3. The topological polar surface area (TPSA) is 75.6 Å². The van der Waals surface area contributed by atoms with E-state index in [1.165, 1.54) is 12.8 Å². The molecule has 0 saturated heterocycles. The van der Waals surface area contributed by atoms with Crippen LogP contribution in [-0.2, 0) is 14.8 Å². The largest absolute Gasteiger partial charge is 0.396 e. The summed E-state index contributed by atoms with van der Waals surface area (Å²) in [5.74, 6) is 0.0803. The zero-order chi connectivity index (χ0) is 12.6. The van der Waals surface area contributed by atoms with E-state index in [2.05, 4.69) is 4.72 Å². The maximum absolute atomic E-state index is 11.5. The van der Waals surface area contributed by atoms with Gasteiger partial charge in [0.05, 0.1) is 18.5 Å². The van der Waals surface area contributed by atoms with Gasteiger partial charge in [0.1, 0.15) is 0 Å². The van der Waals surface area contributed by atoms with Crippen molar-refractivity contribution in [3.63, 3.8) is 0 Å². The summed E-state index contributed by atoms with van der Waals surface area (Å²) in [5.41, 5.74) is 0. The van der Waals surface area contributed by atoms with Gasteiger partial charge in [-0.1, -0.05) is 12.8 Å². The van der Waals surface area contributed by atoms with Crippen LogP contribution in [0.1, 0.15) is 38.5 Å². The quantitative estimate of drug-likeness (QED) is 0.600. The second kappa shape index (κ2) is 8.02. The second-order valence-electron chi connectivity index (χ2n) is 4.42. The van der Waals surface area contributed by atoms with Gasteiger partial charge >= 0.3 is 0 Å². The molecule has 6 heteroatoms. The van der Waals surface area contributed by atoms with E-state index in [4.69, 9.17) is 9.84 Å². The molecule has 1 aliphatic rings. The van der Waals surface area contributed by atoms with Crippen molar-refractivity contribution in [3.05, 3.63) is 0 Å². The van der Waals surface area contributed by atoms with E-state index in [9.17, 15) is 8.42 Å². The lowest BCUT2D eigenvalue weighted by Crippen LogP contribution is -2.30. The number of aliphatic hydroxyl groups excluding tert-OH is 1. The Balaban J connectivity index is 2.03. The highest BCUT2D eigenvalue weighted by Crippen LogP contribution is 2.20. The molecule has 0 atom stereocenters. The van der Waals surface area contributed by atoms with E-state index in [1.807, 2.05) is 0 Å². The van der Waals surface area contributed by atoms with E-state index < -0.39 is 10.0 Å². The number of sulfonamides is 1. The average molecular weight is 265 g/mol. The van der Waals surface area contributed by atoms with Crippen molar-refractivity contribution in [2.24, 2.45) is 0 Å². The van der Waals surface area contributed by atoms with Crippen molar-refractivity contribution in [1.29, 1.82) is 0 Å². The van der Waals surface area contributed by atoms with Crippen molar-refractivity contribution in [2.75, 3.05) is 25.5 Å². The summed E-state index contributed by atoms with van der Waals surface area (Å²) < 4.78 is 31.0. The fourth-order valence-corrected chi connectivity index (χ4v) is 3.08. The molecule has 1 saturated carbocycles. The molecule has 0 heterocycles. The Hall–Kier alpha value is -0.170. The Kier molecular flexibility index (Phi) is 7.03. The lowest BCUT2D eigenvalue weighted by molar-refractivity contribution is 0.0626. The predicted octanol–water partition coefficient (Wildman–Crippen LogP) is 0.637. The van der Waals surface area contributed by atoms with Gasteiger partial charge in [0.15, 0.2) is 0 Å².